The number of nitrogens with zero attached hydrogens (tertiary/aromatic N) is 1. The summed E-state index contributed by atoms with van der Waals surface area (Å²) in [7, 11) is 1.60. The third-order valence-electron chi connectivity index (χ3n) is 5.78. The molecule has 2 amide bonds. The number of hydrogen-bond donors (Lipinski definition) is 1. The number of rotatable bonds is 8. The van der Waals surface area contributed by atoms with E-state index in [1.807, 2.05) is 23.1 Å². The summed E-state index contributed by atoms with van der Waals surface area (Å²) in [4.78, 5) is 25.6. The number of hydrogen-bond acceptors (Lipinski definition) is 5. The zero-order chi connectivity index (χ0) is 21.3. The topological polar surface area (TPSA) is 77.1 Å². The van der Waals surface area contributed by atoms with Crippen LogP contribution < -0.4 is 14.8 Å². The fourth-order valence-corrected chi connectivity index (χ4v) is 4.01. The molecule has 1 aliphatic heterocycles. The van der Waals surface area contributed by atoms with E-state index in [1.54, 1.807) is 14.0 Å². The van der Waals surface area contributed by atoms with Gasteiger partial charge in [0.15, 0.2) is 11.5 Å². The monoisotopic (exact) mass is 418 g/mol. The summed E-state index contributed by atoms with van der Waals surface area (Å²) in [5, 5.41) is 3.17. The van der Waals surface area contributed by atoms with Gasteiger partial charge in [-0.2, -0.15) is 0 Å². The summed E-state index contributed by atoms with van der Waals surface area (Å²) in [5.41, 5.74) is 1.04. The van der Waals surface area contributed by atoms with Crippen molar-refractivity contribution in [3.05, 3.63) is 23.8 Å². The Hall–Kier alpha value is -2.28. The average Bonchev–Trinajstić information content (AvgIpc) is 2.77. The van der Waals surface area contributed by atoms with Gasteiger partial charge < -0.3 is 29.2 Å². The van der Waals surface area contributed by atoms with Gasteiger partial charge in [-0.05, 0) is 43.9 Å². The maximum absolute atomic E-state index is 12.6. The van der Waals surface area contributed by atoms with E-state index >= 15 is 0 Å². The molecule has 1 unspecified atom stereocenters. The van der Waals surface area contributed by atoms with Crippen molar-refractivity contribution in [2.75, 3.05) is 33.4 Å². The second-order valence-corrected chi connectivity index (χ2v) is 8.22. The van der Waals surface area contributed by atoms with Gasteiger partial charge >= 0.3 is 6.03 Å². The van der Waals surface area contributed by atoms with Crippen molar-refractivity contribution in [2.24, 2.45) is 0 Å². The van der Waals surface area contributed by atoms with E-state index < -0.39 is 0 Å². The minimum atomic E-state index is -0.182. The molecule has 1 aromatic rings. The van der Waals surface area contributed by atoms with Gasteiger partial charge in [-0.15, -0.1) is 0 Å². The molecule has 166 valence electrons. The molecule has 7 heteroatoms. The van der Waals surface area contributed by atoms with Crippen LogP contribution in [-0.2, 0) is 16.0 Å². The maximum Gasteiger partial charge on any atom is 0.317 e. The minimum absolute atomic E-state index is 0.00241. The van der Waals surface area contributed by atoms with Crippen LogP contribution >= 0.6 is 0 Å². The Morgan fingerprint density at radius 2 is 2.00 bits per heavy atom. The largest absolute Gasteiger partial charge is 0.493 e. The minimum Gasteiger partial charge on any atom is -0.493 e. The predicted molar refractivity (Wildman–Crippen MR) is 114 cm³/mol. The Labute approximate surface area is 179 Å². The van der Waals surface area contributed by atoms with Crippen molar-refractivity contribution >= 4 is 11.8 Å². The SMILES string of the molecule is COc1cc(CCC(C)=O)ccc1OCC1CN(C(=O)NC2CCCCC2)CCO1. The highest BCUT2D eigenvalue weighted by Gasteiger charge is 2.27. The number of carbonyl (C=O) groups is 2. The van der Waals surface area contributed by atoms with Gasteiger partial charge in [0.25, 0.3) is 0 Å². The molecule has 7 nitrogen and oxygen atoms in total. The summed E-state index contributed by atoms with van der Waals surface area (Å²) in [6.07, 6.45) is 6.82. The Morgan fingerprint density at radius 1 is 1.20 bits per heavy atom. The molecule has 1 saturated carbocycles. The van der Waals surface area contributed by atoms with Crippen LogP contribution in [-0.4, -0.2) is 62.3 Å². The molecule has 0 radical (unpaired) electrons. The molecule has 1 aliphatic carbocycles. The maximum atomic E-state index is 12.6. The molecule has 0 bridgehead atoms. The molecule has 0 aromatic heterocycles. The predicted octanol–water partition coefficient (Wildman–Crippen LogP) is 3.34. The standard InChI is InChI=1S/C23H34N2O5/c1-17(26)8-9-18-10-11-21(22(14-18)28-2)30-16-20-15-25(12-13-29-20)23(27)24-19-6-4-3-5-7-19/h10-11,14,19-20H,3-9,12-13,15-16H2,1-2H3,(H,24,27). The lowest BCUT2D eigenvalue weighted by atomic mass is 9.96. The van der Waals surface area contributed by atoms with Crippen LogP contribution in [0.3, 0.4) is 0 Å². The molecule has 0 spiro atoms. The first kappa shape index (κ1) is 22.4. The van der Waals surface area contributed by atoms with Gasteiger partial charge in [0.1, 0.15) is 18.5 Å². The number of morpholine rings is 1. The van der Waals surface area contributed by atoms with Crippen molar-refractivity contribution in [3.63, 3.8) is 0 Å². The number of Topliss-reactive ketones (excluding diaryl/α,β-unsaturated/α-hetero) is 1. The van der Waals surface area contributed by atoms with Crippen LogP contribution in [0, 0.1) is 0 Å². The van der Waals surface area contributed by atoms with E-state index in [9.17, 15) is 9.59 Å². The number of aryl methyl sites for hydroxylation is 1. The Bertz CT molecular complexity index is 718. The Morgan fingerprint density at radius 3 is 2.73 bits per heavy atom. The van der Waals surface area contributed by atoms with Gasteiger partial charge in [-0.25, -0.2) is 4.79 Å². The van der Waals surface area contributed by atoms with Crippen molar-refractivity contribution in [2.45, 2.75) is 64.0 Å². The van der Waals surface area contributed by atoms with Crippen molar-refractivity contribution in [3.8, 4) is 11.5 Å². The molecule has 2 fully saturated rings. The second kappa shape index (κ2) is 11.2. The molecule has 1 heterocycles. The first-order valence-corrected chi connectivity index (χ1v) is 11.0. The first-order valence-electron chi connectivity index (χ1n) is 11.0. The highest BCUT2D eigenvalue weighted by atomic mass is 16.5. The summed E-state index contributed by atoms with van der Waals surface area (Å²) < 4.78 is 17.2. The lowest BCUT2D eigenvalue weighted by Crippen LogP contribution is -2.53. The van der Waals surface area contributed by atoms with Crippen molar-refractivity contribution in [1.29, 1.82) is 0 Å². The molecular weight excluding hydrogens is 384 g/mol. The Balaban J connectivity index is 1.50. The average molecular weight is 419 g/mol. The zero-order valence-electron chi connectivity index (χ0n) is 18.2. The highest BCUT2D eigenvalue weighted by Crippen LogP contribution is 2.29. The third-order valence-corrected chi connectivity index (χ3v) is 5.78. The van der Waals surface area contributed by atoms with E-state index in [0.29, 0.717) is 56.7 Å². The fraction of sp³-hybridized carbons (Fsp3) is 0.652. The van der Waals surface area contributed by atoms with E-state index in [2.05, 4.69) is 5.32 Å². The molecule has 30 heavy (non-hydrogen) atoms. The Kier molecular flexibility index (Phi) is 8.37. The van der Waals surface area contributed by atoms with Crippen LogP contribution in [0.25, 0.3) is 0 Å². The third kappa shape index (κ3) is 6.62. The number of carbonyl (C=O) groups excluding carboxylic acids is 2. The van der Waals surface area contributed by atoms with Crippen molar-refractivity contribution in [1.82, 2.24) is 10.2 Å². The molecular formula is C23H34N2O5. The number of urea groups is 1. The summed E-state index contributed by atoms with van der Waals surface area (Å²) in [6, 6.07) is 6.03. The summed E-state index contributed by atoms with van der Waals surface area (Å²) in [5.74, 6) is 1.44. The number of amides is 2. The molecule has 1 N–H and O–H groups in total. The van der Waals surface area contributed by atoms with E-state index in [0.717, 1.165) is 18.4 Å². The number of ketones is 1. The van der Waals surface area contributed by atoms with Crippen LogP contribution in [0.5, 0.6) is 11.5 Å². The van der Waals surface area contributed by atoms with Gasteiger partial charge in [0, 0.05) is 19.0 Å². The summed E-state index contributed by atoms with van der Waals surface area (Å²) in [6.45, 7) is 3.56. The molecule has 1 aromatic carbocycles. The molecule has 1 saturated heterocycles. The summed E-state index contributed by atoms with van der Waals surface area (Å²) >= 11 is 0. The molecule has 3 rings (SSSR count). The van der Waals surface area contributed by atoms with Crippen LogP contribution in [0.15, 0.2) is 18.2 Å². The lowest BCUT2D eigenvalue weighted by Gasteiger charge is -2.34. The quantitative estimate of drug-likeness (QED) is 0.701. The molecule has 2 aliphatic rings. The highest BCUT2D eigenvalue weighted by molar-refractivity contribution is 5.75. The smallest absolute Gasteiger partial charge is 0.317 e. The van der Waals surface area contributed by atoms with Gasteiger partial charge in [0.2, 0.25) is 0 Å². The zero-order valence-corrected chi connectivity index (χ0v) is 18.2. The molecule has 1 atom stereocenters. The number of methoxy groups -OCH3 is 1. The number of nitrogens with one attached hydrogen (secondary N) is 1. The second-order valence-electron chi connectivity index (χ2n) is 8.22. The van der Waals surface area contributed by atoms with E-state index in [1.165, 1.54) is 19.3 Å². The van der Waals surface area contributed by atoms with E-state index in [-0.39, 0.29) is 17.9 Å². The lowest BCUT2D eigenvalue weighted by molar-refractivity contribution is -0.116. The van der Waals surface area contributed by atoms with Crippen LogP contribution in [0.1, 0.15) is 51.0 Å². The van der Waals surface area contributed by atoms with E-state index in [4.69, 9.17) is 14.2 Å². The van der Waals surface area contributed by atoms with Gasteiger partial charge in [-0.3, -0.25) is 0 Å². The fourth-order valence-electron chi connectivity index (χ4n) is 4.01. The van der Waals surface area contributed by atoms with Gasteiger partial charge in [0.05, 0.1) is 20.3 Å². The van der Waals surface area contributed by atoms with Crippen LogP contribution in [0.2, 0.25) is 0 Å². The van der Waals surface area contributed by atoms with Crippen molar-refractivity contribution < 1.29 is 23.8 Å². The first-order chi connectivity index (χ1) is 14.5. The van der Waals surface area contributed by atoms with Gasteiger partial charge in [-0.1, -0.05) is 25.3 Å². The van der Waals surface area contributed by atoms with Crippen LogP contribution in [0.4, 0.5) is 4.79 Å². The number of ether oxygens (including phenoxy) is 3. The number of benzene rings is 1. The normalized spacial score (nSPS) is 19.9.